The molecule has 0 amide bonds. The van der Waals surface area contributed by atoms with E-state index in [0.29, 0.717) is 16.1 Å². The minimum Gasteiger partial charge on any atom is -0.369 e. The summed E-state index contributed by atoms with van der Waals surface area (Å²) in [4.78, 5) is 2.30. The number of nitrogens with zero attached hydrogens (tertiary/aromatic N) is 1. The molecule has 4 heteroatoms. The van der Waals surface area contributed by atoms with Crippen molar-refractivity contribution in [3.8, 4) is 0 Å². The van der Waals surface area contributed by atoms with Crippen LogP contribution in [-0.4, -0.2) is 26.2 Å². The van der Waals surface area contributed by atoms with Crippen molar-refractivity contribution >= 4 is 28.9 Å². The molecule has 1 aromatic rings. The van der Waals surface area contributed by atoms with E-state index in [-0.39, 0.29) is 0 Å². The topological polar surface area (TPSA) is 15.3 Å². The summed E-state index contributed by atoms with van der Waals surface area (Å²) < 4.78 is 0. The summed E-state index contributed by atoms with van der Waals surface area (Å²) in [7, 11) is 2.01. The third-order valence-electron chi connectivity index (χ3n) is 3.10. The second kappa shape index (κ2) is 5.26. The monoisotopic (exact) mass is 258 g/mol. The van der Waals surface area contributed by atoms with Crippen LogP contribution in [0, 0.1) is 0 Å². The van der Waals surface area contributed by atoms with Gasteiger partial charge in [0.1, 0.15) is 0 Å². The Morgan fingerprint density at radius 3 is 2.94 bits per heavy atom. The summed E-state index contributed by atoms with van der Waals surface area (Å²) in [5, 5.41) is 4.62. The van der Waals surface area contributed by atoms with Gasteiger partial charge in [0.25, 0.3) is 0 Å². The molecule has 1 unspecified atom stereocenters. The van der Waals surface area contributed by atoms with Crippen LogP contribution in [0.1, 0.15) is 12.8 Å². The van der Waals surface area contributed by atoms with Gasteiger partial charge in [-0.05, 0) is 32.0 Å². The number of benzene rings is 1. The second-order valence-electron chi connectivity index (χ2n) is 4.15. The molecule has 1 N–H and O–H groups in total. The highest BCUT2D eigenvalue weighted by atomic mass is 35.5. The summed E-state index contributed by atoms with van der Waals surface area (Å²) in [5.41, 5.74) is 1.05. The molecule has 0 aromatic heterocycles. The zero-order valence-electron chi connectivity index (χ0n) is 9.34. The normalized spacial score (nSPS) is 21.2. The van der Waals surface area contributed by atoms with E-state index in [1.54, 1.807) is 0 Å². The molecule has 2 nitrogen and oxygen atoms in total. The van der Waals surface area contributed by atoms with Crippen LogP contribution in [0.3, 0.4) is 0 Å². The van der Waals surface area contributed by atoms with Crippen molar-refractivity contribution in [1.29, 1.82) is 0 Å². The third-order valence-corrected chi connectivity index (χ3v) is 3.91. The highest BCUT2D eigenvalue weighted by Crippen LogP contribution is 2.33. The lowest BCUT2D eigenvalue weighted by atomic mass is 10.1. The molecular formula is C12H16Cl2N2. The van der Waals surface area contributed by atoms with Gasteiger partial charge < -0.3 is 10.2 Å². The van der Waals surface area contributed by atoms with E-state index in [1.807, 2.05) is 25.2 Å². The van der Waals surface area contributed by atoms with Gasteiger partial charge in [-0.15, -0.1) is 0 Å². The van der Waals surface area contributed by atoms with Crippen molar-refractivity contribution in [2.45, 2.75) is 18.9 Å². The fraction of sp³-hybridized carbons (Fsp3) is 0.500. The molecule has 0 saturated carbocycles. The van der Waals surface area contributed by atoms with Crippen molar-refractivity contribution in [2.75, 3.05) is 25.0 Å². The van der Waals surface area contributed by atoms with E-state index in [4.69, 9.17) is 23.2 Å². The number of hydrogen-bond acceptors (Lipinski definition) is 2. The predicted octanol–water partition coefficient (Wildman–Crippen LogP) is 3.18. The Morgan fingerprint density at radius 1 is 1.38 bits per heavy atom. The molecule has 1 heterocycles. The molecule has 0 bridgehead atoms. The Labute approximate surface area is 107 Å². The van der Waals surface area contributed by atoms with E-state index in [9.17, 15) is 0 Å². The van der Waals surface area contributed by atoms with E-state index >= 15 is 0 Å². The average Bonchev–Trinajstić information content (AvgIpc) is 2.33. The first-order valence-corrected chi connectivity index (χ1v) is 6.34. The number of nitrogens with one attached hydrogen (secondary N) is 1. The number of halogens is 2. The molecule has 88 valence electrons. The van der Waals surface area contributed by atoms with Crippen LogP contribution in [0.2, 0.25) is 10.0 Å². The second-order valence-corrected chi connectivity index (χ2v) is 4.93. The molecule has 1 atom stereocenters. The standard InChI is InChI=1S/C12H16Cl2N2/c1-15-9-4-3-7-16(8-9)11-6-2-5-10(13)12(11)14/h2,5-6,9,15H,3-4,7-8H2,1H3. The van der Waals surface area contributed by atoms with Crippen molar-refractivity contribution in [3.05, 3.63) is 28.2 Å². The smallest absolute Gasteiger partial charge is 0.0825 e. The van der Waals surface area contributed by atoms with E-state index in [2.05, 4.69) is 10.2 Å². The van der Waals surface area contributed by atoms with Crippen LogP contribution in [0.25, 0.3) is 0 Å². The quantitative estimate of drug-likeness (QED) is 0.877. The van der Waals surface area contributed by atoms with Crippen LogP contribution in [0.15, 0.2) is 18.2 Å². The molecule has 0 radical (unpaired) electrons. The number of likely N-dealkylation sites (N-methyl/N-ethyl adjacent to an activating group) is 1. The van der Waals surface area contributed by atoms with E-state index in [1.165, 1.54) is 12.8 Å². The highest BCUT2D eigenvalue weighted by molar-refractivity contribution is 6.43. The van der Waals surface area contributed by atoms with Crippen LogP contribution in [0.5, 0.6) is 0 Å². The first-order chi connectivity index (χ1) is 7.72. The van der Waals surface area contributed by atoms with Gasteiger partial charge in [-0.2, -0.15) is 0 Å². The summed E-state index contributed by atoms with van der Waals surface area (Å²) in [6, 6.07) is 6.36. The molecule has 0 spiro atoms. The molecule has 1 aromatic carbocycles. The molecule has 0 aliphatic carbocycles. The maximum atomic E-state index is 6.22. The fourth-order valence-electron chi connectivity index (χ4n) is 2.17. The van der Waals surface area contributed by atoms with Gasteiger partial charge in [0.2, 0.25) is 0 Å². The lowest BCUT2D eigenvalue weighted by Crippen LogP contribution is -2.44. The van der Waals surface area contributed by atoms with E-state index < -0.39 is 0 Å². The highest BCUT2D eigenvalue weighted by Gasteiger charge is 2.20. The van der Waals surface area contributed by atoms with Crippen LogP contribution < -0.4 is 10.2 Å². The van der Waals surface area contributed by atoms with Gasteiger partial charge >= 0.3 is 0 Å². The first kappa shape index (κ1) is 12.0. The maximum absolute atomic E-state index is 6.22. The van der Waals surface area contributed by atoms with Gasteiger partial charge in [-0.1, -0.05) is 29.3 Å². The summed E-state index contributed by atoms with van der Waals surface area (Å²) >= 11 is 12.3. The summed E-state index contributed by atoms with van der Waals surface area (Å²) in [6.45, 7) is 2.05. The van der Waals surface area contributed by atoms with Crippen LogP contribution in [0.4, 0.5) is 5.69 Å². The lowest BCUT2D eigenvalue weighted by molar-refractivity contribution is 0.450. The van der Waals surface area contributed by atoms with Crippen LogP contribution >= 0.6 is 23.2 Å². The lowest BCUT2D eigenvalue weighted by Gasteiger charge is -2.34. The Hall–Kier alpha value is -0.440. The van der Waals surface area contributed by atoms with Gasteiger partial charge in [0.05, 0.1) is 15.7 Å². The van der Waals surface area contributed by atoms with Gasteiger partial charge in [0.15, 0.2) is 0 Å². The number of rotatable bonds is 2. The van der Waals surface area contributed by atoms with Gasteiger partial charge in [0, 0.05) is 19.1 Å². The Morgan fingerprint density at radius 2 is 2.19 bits per heavy atom. The minimum atomic E-state index is 0.545. The summed E-state index contributed by atoms with van der Waals surface area (Å²) in [6.07, 6.45) is 2.42. The Balaban J connectivity index is 2.20. The first-order valence-electron chi connectivity index (χ1n) is 5.58. The maximum Gasteiger partial charge on any atom is 0.0825 e. The molecular weight excluding hydrogens is 243 g/mol. The van der Waals surface area contributed by atoms with Crippen molar-refractivity contribution in [2.24, 2.45) is 0 Å². The summed E-state index contributed by atoms with van der Waals surface area (Å²) in [5.74, 6) is 0. The SMILES string of the molecule is CNC1CCCN(c2cccc(Cl)c2Cl)C1. The van der Waals surface area contributed by atoms with Gasteiger partial charge in [-0.25, -0.2) is 0 Å². The van der Waals surface area contributed by atoms with Crippen LogP contribution in [-0.2, 0) is 0 Å². The van der Waals surface area contributed by atoms with Crippen molar-refractivity contribution in [3.63, 3.8) is 0 Å². The molecule has 16 heavy (non-hydrogen) atoms. The fourth-order valence-corrected chi connectivity index (χ4v) is 2.58. The predicted molar refractivity (Wildman–Crippen MR) is 70.8 cm³/mol. The molecule has 1 fully saturated rings. The minimum absolute atomic E-state index is 0.545. The third kappa shape index (κ3) is 2.45. The van der Waals surface area contributed by atoms with Crippen molar-refractivity contribution < 1.29 is 0 Å². The van der Waals surface area contributed by atoms with Crippen molar-refractivity contribution in [1.82, 2.24) is 5.32 Å². The molecule has 1 aliphatic rings. The number of piperidine rings is 1. The number of anilines is 1. The molecule has 1 aliphatic heterocycles. The molecule has 2 rings (SSSR count). The zero-order chi connectivity index (χ0) is 11.5. The largest absolute Gasteiger partial charge is 0.369 e. The Bertz CT molecular complexity index is 368. The average molecular weight is 259 g/mol. The number of hydrogen-bond donors (Lipinski definition) is 1. The van der Waals surface area contributed by atoms with E-state index in [0.717, 1.165) is 18.8 Å². The Kier molecular flexibility index (Phi) is 3.95. The molecule has 1 saturated heterocycles. The van der Waals surface area contributed by atoms with Gasteiger partial charge in [-0.3, -0.25) is 0 Å². The zero-order valence-corrected chi connectivity index (χ0v) is 10.9.